The van der Waals surface area contributed by atoms with E-state index in [-0.39, 0.29) is 5.75 Å². The van der Waals surface area contributed by atoms with E-state index in [9.17, 15) is 5.11 Å². The van der Waals surface area contributed by atoms with Crippen LogP contribution in [0.25, 0.3) is 11.3 Å². The Hall–Kier alpha value is -2.03. The predicted octanol–water partition coefficient (Wildman–Crippen LogP) is 8.88. The molecule has 0 saturated carbocycles. The number of aryl methyl sites for hydroxylation is 1. The number of rotatable bonds is 18. The van der Waals surface area contributed by atoms with Gasteiger partial charge in [-0.05, 0) is 43.0 Å². The number of phenolic OH excluding ortho intramolecular Hbond substituents is 1. The molecule has 3 heteroatoms. The molecule has 0 fully saturated rings. The molecule has 0 aliphatic rings. The van der Waals surface area contributed by atoms with Crippen LogP contribution in [0.2, 0.25) is 0 Å². The number of hydrogen-bond donors (Lipinski definition) is 1. The zero-order valence-corrected chi connectivity index (χ0v) is 20.6. The number of phenols is 1. The summed E-state index contributed by atoms with van der Waals surface area (Å²) in [5.74, 6) is 0.960. The fraction of sp³-hybridized carbons (Fsp3) is 0.621. The summed E-state index contributed by atoms with van der Waals surface area (Å²) < 4.78 is 5.83. The molecule has 1 aromatic heterocycles. The molecule has 1 aromatic carbocycles. The van der Waals surface area contributed by atoms with Crippen molar-refractivity contribution in [1.29, 1.82) is 0 Å². The lowest BCUT2D eigenvalue weighted by molar-refractivity contribution is 0.303. The van der Waals surface area contributed by atoms with E-state index in [2.05, 4.69) is 24.9 Å². The van der Waals surface area contributed by atoms with E-state index in [4.69, 9.17) is 4.74 Å². The van der Waals surface area contributed by atoms with Crippen LogP contribution in [0.3, 0.4) is 0 Å². The Labute approximate surface area is 196 Å². The molecular weight excluding hydrogens is 394 g/mol. The molecule has 0 saturated heterocycles. The van der Waals surface area contributed by atoms with Crippen molar-refractivity contribution in [2.24, 2.45) is 0 Å². The Morgan fingerprint density at radius 2 is 1.34 bits per heavy atom. The van der Waals surface area contributed by atoms with Crippen LogP contribution in [0.4, 0.5) is 0 Å². The van der Waals surface area contributed by atoms with Crippen molar-refractivity contribution in [2.75, 3.05) is 6.61 Å². The lowest BCUT2D eigenvalue weighted by Gasteiger charge is -2.10. The topological polar surface area (TPSA) is 42.4 Å². The van der Waals surface area contributed by atoms with Crippen LogP contribution in [0, 0.1) is 0 Å². The Kier molecular flexibility index (Phi) is 13.6. The first kappa shape index (κ1) is 26.2. The van der Waals surface area contributed by atoms with Gasteiger partial charge >= 0.3 is 0 Å². The van der Waals surface area contributed by atoms with Crippen LogP contribution in [-0.2, 0) is 6.42 Å². The third-order valence-corrected chi connectivity index (χ3v) is 6.16. The van der Waals surface area contributed by atoms with Crippen molar-refractivity contribution in [3.63, 3.8) is 0 Å². The Morgan fingerprint density at radius 1 is 0.719 bits per heavy atom. The number of benzene rings is 1. The molecule has 1 heterocycles. The largest absolute Gasteiger partial charge is 0.507 e. The molecule has 0 bridgehead atoms. The SMILES string of the molecule is CCCCCCCCCOc1ccc(-c2ccc(CCCCCCCCC)cn2)c(O)c1. The molecule has 1 N–H and O–H groups in total. The van der Waals surface area contributed by atoms with Gasteiger partial charge in [-0.3, -0.25) is 4.98 Å². The summed E-state index contributed by atoms with van der Waals surface area (Å²) in [5.41, 5.74) is 2.84. The molecule has 0 aliphatic heterocycles. The average Bonchev–Trinajstić information content (AvgIpc) is 2.81. The fourth-order valence-corrected chi connectivity index (χ4v) is 4.08. The number of unbranched alkanes of at least 4 members (excludes halogenated alkanes) is 12. The fourth-order valence-electron chi connectivity index (χ4n) is 4.08. The van der Waals surface area contributed by atoms with Crippen molar-refractivity contribution in [3.8, 4) is 22.8 Å². The summed E-state index contributed by atoms with van der Waals surface area (Å²) >= 11 is 0. The van der Waals surface area contributed by atoms with Gasteiger partial charge in [-0.25, -0.2) is 0 Å². The molecule has 0 spiro atoms. The van der Waals surface area contributed by atoms with E-state index in [1.807, 2.05) is 24.4 Å². The zero-order valence-electron chi connectivity index (χ0n) is 20.6. The third kappa shape index (κ3) is 10.5. The highest BCUT2D eigenvalue weighted by atomic mass is 16.5. The quantitative estimate of drug-likeness (QED) is 0.236. The summed E-state index contributed by atoms with van der Waals surface area (Å²) in [5, 5.41) is 10.5. The van der Waals surface area contributed by atoms with Crippen LogP contribution in [0.15, 0.2) is 36.5 Å². The highest BCUT2D eigenvalue weighted by Gasteiger charge is 2.08. The molecule has 2 aromatic rings. The first-order valence-corrected chi connectivity index (χ1v) is 13.2. The molecule has 178 valence electrons. The summed E-state index contributed by atoms with van der Waals surface area (Å²) in [7, 11) is 0. The first-order chi connectivity index (χ1) is 15.7. The third-order valence-electron chi connectivity index (χ3n) is 6.16. The van der Waals surface area contributed by atoms with E-state index in [1.165, 1.54) is 89.0 Å². The van der Waals surface area contributed by atoms with Gasteiger partial charge in [-0.1, -0.05) is 97.0 Å². The van der Waals surface area contributed by atoms with E-state index in [0.29, 0.717) is 6.61 Å². The summed E-state index contributed by atoms with van der Waals surface area (Å²) in [6.45, 7) is 5.21. The number of nitrogens with zero attached hydrogens (tertiary/aromatic N) is 1. The van der Waals surface area contributed by atoms with Crippen molar-refractivity contribution in [1.82, 2.24) is 4.98 Å². The van der Waals surface area contributed by atoms with Crippen LogP contribution in [-0.4, -0.2) is 16.7 Å². The minimum absolute atomic E-state index is 0.231. The molecule has 32 heavy (non-hydrogen) atoms. The second kappa shape index (κ2) is 16.6. The zero-order chi connectivity index (χ0) is 22.9. The molecule has 0 amide bonds. The summed E-state index contributed by atoms with van der Waals surface area (Å²) in [6.07, 6.45) is 21.2. The smallest absolute Gasteiger partial charge is 0.128 e. The molecule has 0 aliphatic carbocycles. The Balaban J connectivity index is 1.70. The maximum Gasteiger partial charge on any atom is 0.128 e. The first-order valence-electron chi connectivity index (χ1n) is 13.2. The molecule has 3 nitrogen and oxygen atoms in total. The molecular formula is C29H45NO2. The number of aromatic nitrogens is 1. The van der Waals surface area contributed by atoms with Gasteiger partial charge in [0, 0.05) is 17.8 Å². The number of hydrogen-bond acceptors (Lipinski definition) is 3. The molecule has 0 atom stereocenters. The maximum atomic E-state index is 10.5. The molecule has 2 rings (SSSR count). The van der Waals surface area contributed by atoms with E-state index in [1.54, 1.807) is 6.07 Å². The minimum Gasteiger partial charge on any atom is -0.507 e. The van der Waals surface area contributed by atoms with Gasteiger partial charge in [0.05, 0.1) is 12.3 Å². The maximum absolute atomic E-state index is 10.5. The summed E-state index contributed by atoms with van der Waals surface area (Å²) in [6, 6.07) is 9.72. The highest BCUT2D eigenvalue weighted by Crippen LogP contribution is 2.31. The van der Waals surface area contributed by atoms with Crippen molar-refractivity contribution < 1.29 is 9.84 Å². The minimum atomic E-state index is 0.231. The summed E-state index contributed by atoms with van der Waals surface area (Å²) in [4.78, 5) is 4.60. The van der Waals surface area contributed by atoms with Crippen LogP contribution >= 0.6 is 0 Å². The number of pyridine rings is 1. The normalized spacial score (nSPS) is 11.1. The van der Waals surface area contributed by atoms with Crippen molar-refractivity contribution in [3.05, 3.63) is 42.1 Å². The highest BCUT2D eigenvalue weighted by molar-refractivity contribution is 5.68. The van der Waals surface area contributed by atoms with Gasteiger partial charge < -0.3 is 9.84 Å². The second-order valence-electron chi connectivity index (χ2n) is 9.07. The van der Waals surface area contributed by atoms with Gasteiger partial charge in [0.1, 0.15) is 11.5 Å². The molecule has 0 radical (unpaired) electrons. The predicted molar refractivity (Wildman–Crippen MR) is 137 cm³/mol. The van der Waals surface area contributed by atoms with Gasteiger partial charge in [0.15, 0.2) is 0 Å². The number of aromatic hydroxyl groups is 1. The van der Waals surface area contributed by atoms with Gasteiger partial charge in [-0.15, -0.1) is 0 Å². The van der Waals surface area contributed by atoms with E-state index >= 15 is 0 Å². The van der Waals surface area contributed by atoms with E-state index < -0.39 is 0 Å². The van der Waals surface area contributed by atoms with Crippen LogP contribution < -0.4 is 4.74 Å². The Morgan fingerprint density at radius 3 is 1.94 bits per heavy atom. The average molecular weight is 440 g/mol. The van der Waals surface area contributed by atoms with Gasteiger partial charge in [0.2, 0.25) is 0 Å². The van der Waals surface area contributed by atoms with Gasteiger partial charge in [0.25, 0.3) is 0 Å². The van der Waals surface area contributed by atoms with E-state index in [0.717, 1.165) is 29.8 Å². The Bertz CT molecular complexity index is 726. The molecule has 0 unspecified atom stereocenters. The van der Waals surface area contributed by atoms with Crippen LogP contribution in [0.5, 0.6) is 11.5 Å². The van der Waals surface area contributed by atoms with Crippen LogP contribution in [0.1, 0.15) is 109 Å². The lowest BCUT2D eigenvalue weighted by Crippen LogP contribution is -1.97. The number of ether oxygens (including phenoxy) is 1. The van der Waals surface area contributed by atoms with Crippen molar-refractivity contribution >= 4 is 0 Å². The lowest BCUT2D eigenvalue weighted by atomic mass is 10.0. The van der Waals surface area contributed by atoms with Gasteiger partial charge in [-0.2, -0.15) is 0 Å². The second-order valence-corrected chi connectivity index (χ2v) is 9.07. The van der Waals surface area contributed by atoms with Crippen molar-refractivity contribution in [2.45, 2.75) is 110 Å². The monoisotopic (exact) mass is 439 g/mol. The standard InChI is InChI=1S/C29H45NO2/c1-3-5-7-9-11-13-15-17-25-18-21-28(30-24-25)27-20-19-26(23-29(27)31)32-22-16-14-12-10-8-6-4-2/h18-21,23-24,31H,3-17,22H2,1-2H3.